The van der Waals surface area contributed by atoms with E-state index in [1.54, 1.807) is 0 Å². The molecule has 0 aliphatic carbocycles. The number of aliphatic imine (C=N–C) groups is 1. The van der Waals surface area contributed by atoms with Gasteiger partial charge in [0.25, 0.3) is 23.6 Å². The molecule has 0 heterocycles. The number of carbonyl (C=O) groups excluding carboxylic acids is 11. The molecule has 0 bridgehead atoms. The van der Waals surface area contributed by atoms with Crippen LogP contribution >= 0.6 is 0 Å². The summed E-state index contributed by atoms with van der Waals surface area (Å²) in [4.78, 5) is 150. The molecule has 330 valence electrons. The molecule has 0 saturated carbocycles. The first-order chi connectivity index (χ1) is 27.7. The number of aldehydes is 4. The Labute approximate surface area is 336 Å². The van der Waals surface area contributed by atoms with Crippen molar-refractivity contribution in [1.29, 1.82) is 0 Å². The van der Waals surface area contributed by atoms with Crippen LogP contribution in [0.15, 0.2) is 4.99 Å². The summed E-state index contributed by atoms with van der Waals surface area (Å²) in [6, 6.07) is -7.06. The molecule has 0 aromatic heterocycles. The van der Waals surface area contributed by atoms with Gasteiger partial charge in [-0.15, -0.1) is 0 Å². The second kappa shape index (κ2) is 28.0. The highest BCUT2D eigenvalue weighted by Gasteiger charge is 2.33. The van der Waals surface area contributed by atoms with Gasteiger partial charge in [0.15, 0.2) is 24.5 Å². The number of carbonyl (C=O) groups is 12. The number of nitrogens with two attached hydrogens (primary N) is 4. The molecular formula is C31H53N15O13. The predicted molar refractivity (Wildman–Crippen MR) is 202 cm³/mol. The molecule has 0 saturated heterocycles. The first-order valence-corrected chi connectivity index (χ1v) is 17.6. The number of hydrogen-bond acceptors (Lipinski definition) is 18. The summed E-state index contributed by atoms with van der Waals surface area (Å²) in [6.07, 6.45) is -6.65. The SMILES string of the molecule is CN[C@@H](NCC=O)C(=O)N[C@@H](N[C@@H](C=O)CC(=O)O)C(=O)N[C@@H](C)C(=O)N[C@@H](C)C(=O)N[C@@H](N[C@@H](C=O)CC(N)=O)C(=O)N[C@@H](N[C@@H](C=O)CCCN=C(N)N)C(N)=O. The molecule has 0 aliphatic rings. The maximum atomic E-state index is 13.4. The number of nitrogens with one attached hydrogen (secondary N) is 10. The molecule has 0 fully saturated rings. The van der Waals surface area contributed by atoms with E-state index in [1.165, 1.54) is 7.05 Å². The van der Waals surface area contributed by atoms with Gasteiger partial charge in [-0.3, -0.25) is 69.9 Å². The lowest BCUT2D eigenvalue weighted by atomic mass is 10.1. The summed E-state index contributed by atoms with van der Waals surface area (Å²) in [6.45, 7) is 2.12. The Morgan fingerprint density at radius 3 is 1.51 bits per heavy atom. The van der Waals surface area contributed by atoms with Gasteiger partial charge in [-0.2, -0.15) is 0 Å². The highest BCUT2D eigenvalue weighted by Crippen LogP contribution is 2.00. The van der Waals surface area contributed by atoms with Gasteiger partial charge in [0.2, 0.25) is 17.7 Å². The van der Waals surface area contributed by atoms with Crippen molar-refractivity contribution in [2.45, 2.75) is 94.4 Å². The molecule has 28 heteroatoms. The van der Waals surface area contributed by atoms with Crippen LogP contribution in [0.5, 0.6) is 0 Å². The highest BCUT2D eigenvalue weighted by atomic mass is 16.4. The van der Waals surface area contributed by atoms with Crippen molar-refractivity contribution in [3.63, 3.8) is 0 Å². The number of amides is 7. The highest BCUT2D eigenvalue weighted by molar-refractivity contribution is 5.96. The molecule has 0 spiro atoms. The fraction of sp³-hybridized carbons (Fsp3) is 0.581. The van der Waals surface area contributed by atoms with Crippen LogP contribution in [0.3, 0.4) is 0 Å². The Morgan fingerprint density at radius 1 is 0.610 bits per heavy atom. The summed E-state index contributed by atoms with van der Waals surface area (Å²) in [7, 11) is 1.33. The van der Waals surface area contributed by atoms with Crippen LogP contribution in [-0.4, -0.2) is 159 Å². The molecule has 0 aromatic rings. The van der Waals surface area contributed by atoms with Gasteiger partial charge in [-0.05, 0) is 33.7 Å². The molecule has 0 aromatic carbocycles. The third-order valence-corrected chi connectivity index (χ3v) is 7.55. The van der Waals surface area contributed by atoms with Gasteiger partial charge < -0.3 is 73.8 Å². The Kier molecular flexibility index (Phi) is 24.9. The lowest BCUT2D eigenvalue weighted by Gasteiger charge is -2.28. The topological polar surface area (TPSA) is 462 Å². The standard InChI is InChI=1S/C31H53N15O13/c1-14(40-29(58)24(43-18(13-50)10-20(52)53)46-28(57)23(36-3)37-7-8-47)26(55)39-15(2)27(56)45-25(42-17(12-49)9-19(32)51)30(59)44-22(21(33)54)41-16(11-48)5-4-6-38-31(34)35/h8,11-18,22-25,36-37,41-43H,4-7,9-10H2,1-3H3,(H2,32,51)(H2,33,54)(H,39,55)(H,40,58)(H,44,59)(H,45,56)(H,46,57)(H,52,53)(H4,34,35,38)/t14-,15-,16+,17+,18+,22+,23-,24+,25+/m0/s1. The molecule has 28 nitrogen and oxygen atoms in total. The number of hydrogen-bond donors (Lipinski definition) is 15. The van der Waals surface area contributed by atoms with E-state index in [4.69, 9.17) is 28.0 Å². The van der Waals surface area contributed by atoms with Crippen LogP contribution in [-0.2, 0) is 57.5 Å². The quantitative estimate of drug-likeness (QED) is 0.00983. The molecule has 0 rings (SSSR count). The van der Waals surface area contributed by atoms with Crippen molar-refractivity contribution in [1.82, 2.24) is 53.2 Å². The molecule has 0 radical (unpaired) electrons. The smallest absolute Gasteiger partial charge is 0.305 e. The van der Waals surface area contributed by atoms with Gasteiger partial charge in [0.05, 0.1) is 31.1 Å². The average molecular weight is 844 g/mol. The minimum atomic E-state index is -1.93. The van der Waals surface area contributed by atoms with E-state index >= 15 is 0 Å². The molecule has 0 unspecified atom stereocenters. The molecule has 59 heavy (non-hydrogen) atoms. The molecule has 0 aliphatic heterocycles. The van der Waals surface area contributed by atoms with E-state index in [-0.39, 0.29) is 44.5 Å². The van der Waals surface area contributed by atoms with Crippen LogP contribution in [0.25, 0.3) is 0 Å². The lowest BCUT2D eigenvalue weighted by Crippen LogP contribution is -2.66. The maximum Gasteiger partial charge on any atom is 0.305 e. The number of guanidine groups is 1. The first-order valence-electron chi connectivity index (χ1n) is 17.6. The van der Waals surface area contributed by atoms with E-state index in [2.05, 4.69) is 58.2 Å². The average Bonchev–Trinajstić information content (AvgIpc) is 3.16. The Balaban J connectivity index is 6.07. The van der Waals surface area contributed by atoms with Crippen LogP contribution in [0.2, 0.25) is 0 Å². The minimum absolute atomic E-state index is 0.0762. The van der Waals surface area contributed by atoms with E-state index in [0.29, 0.717) is 12.6 Å². The number of nitrogens with zero attached hydrogens (tertiary/aromatic N) is 1. The zero-order chi connectivity index (χ0) is 45.2. The van der Waals surface area contributed by atoms with E-state index in [9.17, 15) is 57.5 Å². The molecular weight excluding hydrogens is 790 g/mol. The fourth-order valence-electron chi connectivity index (χ4n) is 4.59. The second-order valence-electron chi connectivity index (χ2n) is 12.4. The Morgan fingerprint density at radius 2 is 1.05 bits per heavy atom. The van der Waals surface area contributed by atoms with Crippen LogP contribution in [0.1, 0.15) is 39.5 Å². The van der Waals surface area contributed by atoms with Gasteiger partial charge in [0.1, 0.15) is 43.4 Å². The fourth-order valence-corrected chi connectivity index (χ4v) is 4.59. The largest absolute Gasteiger partial charge is 0.481 e. The van der Waals surface area contributed by atoms with Crippen molar-refractivity contribution in [3.8, 4) is 0 Å². The predicted octanol–water partition coefficient (Wildman–Crippen LogP) is -9.98. The number of carboxylic acid groups (broad SMARTS) is 1. The maximum absolute atomic E-state index is 13.4. The number of likely N-dealkylation sites (N-methyl/N-ethyl adjacent to an activating group) is 1. The Hall–Kier alpha value is -6.49. The van der Waals surface area contributed by atoms with E-state index in [1.807, 2.05) is 0 Å². The third-order valence-electron chi connectivity index (χ3n) is 7.55. The number of aliphatic carboxylic acids is 1. The second-order valence-corrected chi connectivity index (χ2v) is 12.4. The van der Waals surface area contributed by atoms with Gasteiger partial charge in [-0.1, -0.05) is 0 Å². The summed E-state index contributed by atoms with van der Waals surface area (Å²) in [5, 5.41) is 32.4. The van der Waals surface area contributed by atoms with Gasteiger partial charge >= 0.3 is 5.97 Å². The van der Waals surface area contributed by atoms with Crippen molar-refractivity contribution >= 4 is 78.4 Å². The van der Waals surface area contributed by atoms with Crippen molar-refractivity contribution in [2.24, 2.45) is 27.9 Å². The van der Waals surface area contributed by atoms with Crippen molar-refractivity contribution in [2.75, 3.05) is 20.1 Å². The van der Waals surface area contributed by atoms with E-state index < -0.39 is 115 Å². The van der Waals surface area contributed by atoms with Gasteiger partial charge in [-0.25, -0.2) is 0 Å². The molecule has 7 amide bonds. The van der Waals surface area contributed by atoms with Crippen molar-refractivity contribution < 1.29 is 62.6 Å². The molecule has 19 N–H and O–H groups in total. The molecule has 9 atom stereocenters. The lowest BCUT2D eigenvalue weighted by molar-refractivity contribution is -0.139. The summed E-state index contributed by atoms with van der Waals surface area (Å²) in [5.41, 5.74) is 21.1. The third kappa shape index (κ3) is 21.6. The van der Waals surface area contributed by atoms with Crippen molar-refractivity contribution in [3.05, 3.63) is 0 Å². The number of carboxylic acids is 1. The summed E-state index contributed by atoms with van der Waals surface area (Å²) < 4.78 is 0. The summed E-state index contributed by atoms with van der Waals surface area (Å²) >= 11 is 0. The Bertz CT molecular complexity index is 1550. The zero-order valence-corrected chi connectivity index (χ0v) is 32.4. The van der Waals surface area contributed by atoms with E-state index in [0.717, 1.165) is 13.8 Å². The number of primary amides is 2. The minimum Gasteiger partial charge on any atom is -0.481 e. The number of rotatable bonds is 32. The first kappa shape index (κ1) is 52.5. The summed E-state index contributed by atoms with van der Waals surface area (Å²) in [5.74, 6) is -9.27. The van der Waals surface area contributed by atoms with Crippen LogP contribution < -0.4 is 76.1 Å². The normalized spacial score (nSPS) is 15.3. The van der Waals surface area contributed by atoms with Crippen LogP contribution in [0, 0.1) is 0 Å². The van der Waals surface area contributed by atoms with Gasteiger partial charge in [0, 0.05) is 13.0 Å². The monoisotopic (exact) mass is 843 g/mol. The zero-order valence-electron chi connectivity index (χ0n) is 32.4. The van der Waals surface area contributed by atoms with Crippen LogP contribution in [0.4, 0.5) is 0 Å².